The number of methoxy groups -OCH3 is 1. The summed E-state index contributed by atoms with van der Waals surface area (Å²) >= 11 is 0. The van der Waals surface area contributed by atoms with Crippen LogP contribution in [0.5, 0.6) is 5.75 Å². The molecule has 1 N–H and O–H groups in total. The highest BCUT2D eigenvalue weighted by Crippen LogP contribution is 2.31. The summed E-state index contributed by atoms with van der Waals surface area (Å²) < 4.78 is 5.00. The normalized spacial score (nSPS) is 12.9. The van der Waals surface area contributed by atoms with Crippen LogP contribution < -0.4 is 10.1 Å². The average molecular weight is 252 g/mol. The summed E-state index contributed by atoms with van der Waals surface area (Å²) in [4.78, 5) is 10.6. The van der Waals surface area contributed by atoms with Crippen LogP contribution in [0, 0.1) is 15.5 Å². The van der Waals surface area contributed by atoms with Gasteiger partial charge in [0.25, 0.3) is 5.69 Å². The minimum absolute atomic E-state index is 0.0216. The largest absolute Gasteiger partial charge is 0.496 e. The first kappa shape index (κ1) is 14.3. The second-order valence-electron chi connectivity index (χ2n) is 5.37. The van der Waals surface area contributed by atoms with E-state index >= 15 is 0 Å². The molecule has 1 atom stereocenters. The predicted molar refractivity (Wildman–Crippen MR) is 72.2 cm³/mol. The molecule has 5 nitrogen and oxygen atoms in total. The van der Waals surface area contributed by atoms with Gasteiger partial charge in [0.1, 0.15) is 11.4 Å². The standard InChI is InChI=1S/C13H20N2O3/c1-9(13(2,3)4)14-11-7-6-10(18-5)8-12(11)15(16)17/h6-9,14H,1-5H3. The zero-order valence-electron chi connectivity index (χ0n) is 11.5. The Labute approximate surface area is 107 Å². The summed E-state index contributed by atoms with van der Waals surface area (Å²) in [7, 11) is 1.49. The highest BCUT2D eigenvalue weighted by Gasteiger charge is 2.23. The lowest BCUT2D eigenvalue weighted by atomic mass is 9.88. The molecule has 1 aromatic rings. The van der Waals surface area contributed by atoms with Gasteiger partial charge in [-0.3, -0.25) is 10.1 Å². The molecule has 0 amide bonds. The van der Waals surface area contributed by atoms with Gasteiger partial charge in [0.2, 0.25) is 0 Å². The maximum Gasteiger partial charge on any atom is 0.296 e. The molecule has 0 saturated carbocycles. The Balaban J connectivity index is 3.05. The van der Waals surface area contributed by atoms with Gasteiger partial charge < -0.3 is 10.1 Å². The van der Waals surface area contributed by atoms with Crippen LogP contribution in [-0.2, 0) is 0 Å². The fraction of sp³-hybridized carbons (Fsp3) is 0.538. The molecule has 0 fully saturated rings. The lowest BCUT2D eigenvalue weighted by Crippen LogP contribution is -2.31. The van der Waals surface area contributed by atoms with E-state index < -0.39 is 4.92 Å². The molecule has 1 unspecified atom stereocenters. The van der Waals surface area contributed by atoms with E-state index in [2.05, 4.69) is 26.1 Å². The molecule has 1 aromatic carbocycles. The first-order valence-corrected chi connectivity index (χ1v) is 5.84. The highest BCUT2D eigenvalue weighted by molar-refractivity contribution is 5.64. The first-order chi connectivity index (χ1) is 8.25. The third-order valence-electron chi connectivity index (χ3n) is 3.07. The fourth-order valence-corrected chi connectivity index (χ4v) is 1.36. The van der Waals surface area contributed by atoms with Crippen molar-refractivity contribution in [1.29, 1.82) is 0 Å². The van der Waals surface area contributed by atoms with E-state index in [0.29, 0.717) is 11.4 Å². The molecule has 0 heterocycles. The number of nitro groups is 1. The van der Waals surface area contributed by atoms with Crippen molar-refractivity contribution in [3.05, 3.63) is 28.3 Å². The molecule has 0 aliphatic heterocycles. The number of ether oxygens (including phenoxy) is 1. The summed E-state index contributed by atoms with van der Waals surface area (Å²) in [6.07, 6.45) is 0. The van der Waals surface area contributed by atoms with Crippen LogP contribution in [0.1, 0.15) is 27.7 Å². The summed E-state index contributed by atoms with van der Waals surface area (Å²) in [5.41, 5.74) is 0.571. The van der Waals surface area contributed by atoms with E-state index in [9.17, 15) is 10.1 Å². The van der Waals surface area contributed by atoms with Gasteiger partial charge in [0.05, 0.1) is 18.1 Å². The minimum Gasteiger partial charge on any atom is -0.496 e. The third kappa shape index (κ3) is 3.35. The number of hydrogen-bond donors (Lipinski definition) is 1. The lowest BCUT2D eigenvalue weighted by Gasteiger charge is -2.28. The van der Waals surface area contributed by atoms with Crippen molar-refractivity contribution in [3.8, 4) is 5.75 Å². The number of hydrogen-bond acceptors (Lipinski definition) is 4. The maximum atomic E-state index is 11.0. The van der Waals surface area contributed by atoms with E-state index in [1.807, 2.05) is 6.92 Å². The van der Waals surface area contributed by atoms with Gasteiger partial charge in [-0.15, -0.1) is 0 Å². The van der Waals surface area contributed by atoms with E-state index in [0.717, 1.165) is 0 Å². The van der Waals surface area contributed by atoms with E-state index in [-0.39, 0.29) is 17.1 Å². The van der Waals surface area contributed by atoms with Crippen molar-refractivity contribution in [1.82, 2.24) is 0 Å². The van der Waals surface area contributed by atoms with Crippen LogP contribution in [0.2, 0.25) is 0 Å². The van der Waals surface area contributed by atoms with Crippen molar-refractivity contribution in [2.75, 3.05) is 12.4 Å². The second-order valence-corrected chi connectivity index (χ2v) is 5.37. The Hall–Kier alpha value is -1.78. The van der Waals surface area contributed by atoms with Crippen molar-refractivity contribution >= 4 is 11.4 Å². The molecule has 0 saturated heterocycles. The van der Waals surface area contributed by atoms with Gasteiger partial charge in [-0.1, -0.05) is 20.8 Å². The molecule has 5 heteroatoms. The zero-order chi connectivity index (χ0) is 13.9. The number of nitrogens with one attached hydrogen (secondary N) is 1. The molecule has 0 radical (unpaired) electrons. The number of nitrogens with zero attached hydrogens (tertiary/aromatic N) is 1. The number of nitro benzene ring substituents is 1. The van der Waals surface area contributed by atoms with Crippen LogP contribution in [0.4, 0.5) is 11.4 Å². The van der Waals surface area contributed by atoms with Gasteiger partial charge in [-0.25, -0.2) is 0 Å². The molecule has 0 aliphatic rings. The van der Waals surface area contributed by atoms with Crippen LogP contribution in [0.15, 0.2) is 18.2 Å². The smallest absolute Gasteiger partial charge is 0.296 e. The Morgan fingerprint density at radius 3 is 2.44 bits per heavy atom. The molecule has 0 bridgehead atoms. The van der Waals surface area contributed by atoms with Gasteiger partial charge in [0.15, 0.2) is 0 Å². The van der Waals surface area contributed by atoms with Crippen LogP contribution in [0.25, 0.3) is 0 Å². The van der Waals surface area contributed by atoms with Crippen molar-refractivity contribution in [3.63, 3.8) is 0 Å². The van der Waals surface area contributed by atoms with E-state index in [4.69, 9.17) is 4.74 Å². The van der Waals surface area contributed by atoms with Crippen LogP contribution in [0.3, 0.4) is 0 Å². The van der Waals surface area contributed by atoms with Crippen molar-refractivity contribution in [2.45, 2.75) is 33.7 Å². The number of anilines is 1. The topological polar surface area (TPSA) is 64.4 Å². The monoisotopic (exact) mass is 252 g/mol. The summed E-state index contributed by atoms with van der Waals surface area (Å²) in [5.74, 6) is 0.482. The molecular formula is C13H20N2O3. The summed E-state index contributed by atoms with van der Waals surface area (Å²) in [5, 5.41) is 14.2. The maximum absolute atomic E-state index is 11.0. The molecule has 0 aliphatic carbocycles. The van der Waals surface area contributed by atoms with Crippen molar-refractivity contribution in [2.24, 2.45) is 5.41 Å². The van der Waals surface area contributed by atoms with Gasteiger partial charge in [0, 0.05) is 6.04 Å². The summed E-state index contributed by atoms with van der Waals surface area (Å²) in [6.45, 7) is 8.26. The SMILES string of the molecule is COc1ccc(NC(C)C(C)(C)C)c([N+](=O)[O-])c1. The molecule has 0 spiro atoms. The molecule has 100 valence electrons. The molecule has 0 aromatic heterocycles. The number of benzene rings is 1. The lowest BCUT2D eigenvalue weighted by molar-refractivity contribution is -0.384. The molecule has 1 rings (SSSR count). The van der Waals surface area contributed by atoms with Crippen LogP contribution in [-0.4, -0.2) is 18.1 Å². The van der Waals surface area contributed by atoms with E-state index in [1.165, 1.54) is 13.2 Å². The quantitative estimate of drug-likeness (QED) is 0.658. The van der Waals surface area contributed by atoms with Crippen molar-refractivity contribution < 1.29 is 9.66 Å². The Morgan fingerprint density at radius 2 is 2.00 bits per heavy atom. The third-order valence-corrected chi connectivity index (χ3v) is 3.07. The minimum atomic E-state index is -0.403. The average Bonchev–Trinajstić information content (AvgIpc) is 2.27. The van der Waals surface area contributed by atoms with Gasteiger partial charge in [-0.05, 0) is 24.5 Å². The molecular weight excluding hydrogens is 232 g/mol. The fourth-order valence-electron chi connectivity index (χ4n) is 1.36. The second kappa shape index (κ2) is 5.25. The molecule has 18 heavy (non-hydrogen) atoms. The van der Waals surface area contributed by atoms with Gasteiger partial charge >= 0.3 is 0 Å². The Morgan fingerprint density at radius 1 is 1.39 bits per heavy atom. The predicted octanol–water partition coefficient (Wildman–Crippen LogP) is 3.45. The number of rotatable bonds is 4. The highest BCUT2D eigenvalue weighted by atomic mass is 16.6. The zero-order valence-corrected chi connectivity index (χ0v) is 11.5. The van der Waals surface area contributed by atoms with Gasteiger partial charge in [-0.2, -0.15) is 0 Å². The Kier molecular flexibility index (Phi) is 4.16. The van der Waals surface area contributed by atoms with E-state index in [1.54, 1.807) is 12.1 Å². The Bertz CT molecular complexity index is 438. The van der Waals surface area contributed by atoms with Crippen LogP contribution >= 0.6 is 0 Å². The first-order valence-electron chi connectivity index (χ1n) is 5.84. The summed E-state index contributed by atoms with van der Waals surface area (Å²) in [6, 6.07) is 4.94.